The number of benzene rings is 2. The number of nitrogens with zero attached hydrogens (tertiary/aromatic N) is 1. The lowest BCUT2D eigenvalue weighted by atomic mass is 10.1. The first kappa shape index (κ1) is 10.3. The average molecular weight is 208 g/mol. The SMILES string of the molecule is N#CCc1[c]c(Oc2ccccc2)ccc1. The van der Waals surface area contributed by atoms with Crippen molar-refractivity contribution in [3.63, 3.8) is 0 Å². The van der Waals surface area contributed by atoms with Crippen molar-refractivity contribution in [2.75, 3.05) is 0 Å². The van der Waals surface area contributed by atoms with E-state index in [2.05, 4.69) is 12.1 Å². The molecule has 0 unspecified atom stereocenters. The van der Waals surface area contributed by atoms with E-state index in [9.17, 15) is 0 Å². The highest BCUT2D eigenvalue weighted by molar-refractivity contribution is 5.33. The van der Waals surface area contributed by atoms with Crippen LogP contribution in [0.1, 0.15) is 5.56 Å². The standard InChI is InChI=1S/C14H10NO/c15-10-9-12-5-4-8-14(11-12)16-13-6-2-1-3-7-13/h1-8H,9H2. The van der Waals surface area contributed by atoms with E-state index in [4.69, 9.17) is 10.00 Å². The van der Waals surface area contributed by atoms with Crippen molar-refractivity contribution in [2.24, 2.45) is 0 Å². The van der Waals surface area contributed by atoms with Gasteiger partial charge in [-0.2, -0.15) is 5.26 Å². The number of para-hydroxylation sites is 1. The Morgan fingerprint density at radius 2 is 1.88 bits per heavy atom. The smallest absolute Gasteiger partial charge is 0.135 e. The molecule has 2 rings (SSSR count). The first-order valence-corrected chi connectivity index (χ1v) is 4.99. The lowest BCUT2D eigenvalue weighted by Crippen LogP contribution is -1.87. The zero-order valence-electron chi connectivity index (χ0n) is 8.68. The molecule has 0 spiro atoms. The molecule has 0 bridgehead atoms. The summed E-state index contributed by atoms with van der Waals surface area (Å²) >= 11 is 0. The van der Waals surface area contributed by atoms with Gasteiger partial charge in [-0.05, 0) is 23.8 Å². The van der Waals surface area contributed by atoms with Crippen LogP contribution in [-0.4, -0.2) is 0 Å². The van der Waals surface area contributed by atoms with Gasteiger partial charge in [0.25, 0.3) is 0 Å². The third-order valence-electron chi connectivity index (χ3n) is 2.07. The lowest BCUT2D eigenvalue weighted by molar-refractivity contribution is 0.481. The highest BCUT2D eigenvalue weighted by Crippen LogP contribution is 2.21. The summed E-state index contributed by atoms with van der Waals surface area (Å²) in [6.07, 6.45) is 0.353. The van der Waals surface area contributed by atoms with E-state index in [-0.39, 0.29) is 0 Å². The van der Waals surface area contributed by atoms with Crippen LogP contribution < -0.4 is 4.74 Å². The number of nitriles is 1. The molecule has 0 N–H and O–H groups in total. The molecule has 1 radical (unpaired) electrons. The normalized spacial score (nSPS) is 9.44. The zero-order valence-corrected chi connectivity index (χ0v) is 8.68. The molecule has 77 valence electrons. The molecular formula is C14H10NO. The van der Waals surface area contributed by atoms with Crippen molar-refractivity contribution in [3.8, 4) is 17.6 Å². The molecule has 2 heteroatoms. The highest BCUT2D eigenvalue weighted by Gasteiger charge is 1.98. The number of hydrogen-bond acceptors (Lipinski definition) is 2. The van der Waals surface area contributed by atoms with Gasteiger partial charge in [0.15, 0.2) is 0 Å². The Balaban J connectivity index is 2.16. The molecule has 0 saturated carbocycles. The fraction of sp³-hybridized carbons (Fsp3) is 0.0714. The molecule has 0 aliphatic rings. The van der Waals surface area contributed by atoms with Gasteiger partial charge in [-0.25, -0.2) is 0 Å². The van der Waals surface area contributed by atoms with Crippen molar-refractivity contribution in [3.05, 3.63) is 60.2 Å². The zero-order chi connectivity index (χ0) is 11.2. The molecule has 0 atom stereocenters. The summed E-state index contributed by atoms with van der Waals surface area (Å²) in [4.78, 5) is 0. The van der Waals surface area contributed by atoms with E-state index in [1.165, 1.54) is 0 Å². The third kappa shape index (κ3) is 2.61. The van der Waals surface area contributed by atoms with Crippen LogP contribution >= 0.6 is 0 Å². The second kappa shape index (κ2) is 4.99. The summed E-state index contributed by atoms with van der Waals surface area (Å²) in [7, 11) is 0. The maximum Gasteiger partial charge on any atom is 0.135 e. The Labute approximate surface area is 94.7 Å². The van der Waals surface area contributed by atoms with Crippen LogP contribution in [0, 0.1) is 17.4 Å². The molecule has 16 heavy (non-hydrogen) atoms. The van der Waals surface area contributed by atoms with E-state index >= 15 is 0 Å². The Morgan fingerprint density at radius 1 is 1.06 bits per heavy atom. The summed E-state index contributed by atoms with van der Waals surface area (Å²) in [5, 5.41) is 8.59. The van der Waals surface area contributed by atoms with Crippen LogP contribution in [0.4, 0.5) is 0 Å². The van der Waals surface area contributed by atoms with Crippen molar-refractivity contribution < 1.29 is 4.74 Å². The second-order valence-corrected chi connectivity index (χ2v) is 3.29. The van der Waals surface area contributed by atoms with Crippen LogP contribution in [0.5, 0.6) is 11.5 Å². The predicted octanol–water partition coefficient (Wildman–Crippen LogP) is 3.35. The molecular weight excluding hydrogens is 198 g/mol. The van der Waals surface area contributed by atoms with Crippen molar-refractivity contribution >= 4 is 0 Å². The fourth-order valence-electron chi connectivity index (χ4n) is 1.36. The lowest BCUT2D eigenvalue weighted by Gasteiger charge is -2.05. The molecule has 0 heterocycles. The topological polar surface area (TPSA) is 33.0 Å². The van der Waals surface area contributed by atoms with E-state index in [0.717, 1.165) is 11.3 Å². The second-order valence-electron chi connectivity index (χ2n) is 3.29. The Kier molecular flexibility index (Phi) is 3.20. The summed E-state index contributed by atoms with van der Waals surface area (Å²) in [6.45, 7) is 0. The van der Waals surface area contributed by atoms with Gasteiger partial charge in [-0.15, -0.1) is 0 Å². The predicted molar refractivity (Wildman–Crippen MR) is 61.1 cm³/mol. The third-order valence-corrected chi connectivity index (χ3v) is 2.07. The summed E-state index contributed by atoms with van der Waals surface area (Å²) in [5.41, 5.74) is 0.843. The highest BCUT2D eigenvalue weighted by atomic mass is 16.5. The number of hydrogen-bond donors (Lipinski definition) is 0. The van der Waals surface area contributed by atoms with Gasteiger partial charge in [0.2, 0.25) is 0 Å². The van der Waals surface area contributed by atoms with Gasteiger partial charge >= 0.3 is 0 Å². The molecule has 0 fully saturated rings. The van der Waals surface area contributed by atoms with Gasteiger partial charge in [0.1, 0.15) is 11.5 Å². The molecule has 0 saturated heterocycles. The monoisotopic (exact) mass is 208 g/mol. The van der Waals surface area contributed by atoms with E-state index in [1.54, 1.807) is 0 Å². The molecule has 2 aromatic carbocycles. The molecule has 0 amide bonds. The largest absolute Gasteiger partial charge is 0.457 e. The van der Waals surface area contributed by atoms with Gasteiger partial charge < -0.3 is 4.74 Å². The van der Waals surface area contributed by atoms with Gasteiger partial charge in [-0.3, -0.25) is 0 Å². The Morgan fingerprint density at radius 3 is 2.62 bits per heavy atom. The van der Waals surface area contributed by atoms with Gasteiger partial charge in [0, 0.05) is 6.07 Å². The summed E-state index contributed by atoms with van der Waals surface area (Å²) < 4.78 is 5.60. The van der Waals surface area contributed by atoms with Crippen LogP contribution in [0.15, 0.2) is 48.5 Å². The average Bonchev–Trinajstić information content (AvgIpc) is 2.31. The fourth-order valence-corrected chi connectivity index (χ4v) is 1.36. The van der Waals surface area contributed by atoms with Crippen molar-refractivity contribution in [1.29, 1.82) is 5.26 Å². The van der Waals surface area contributed by atoms with Crippen molar-refractivity contribution in [1.82, 2.24) is 0 Å². The van der Waals surface area contributed by atoms with Crippen LogP contribution in [0.25, 0.3) is 0 Å². The van der Waals surface area contributed by atoms with E-state index in [1.807, 2.05) is 48.5 Å². The Hall–Kier alpha value is -2.27. The van der Waals surface area contributed by atoms with Gasteiger partial charge in [0.05, 0.1) is 12.5 Å². The first-order valence-electron chi connectivity index (χ1n) is 4.99. The summed E-state index contributed by atoms with van der Waals surface area (Å²) in [5.74, 6) is 1.41. The van der Waals surface area contributed by atoms with E-state index < -0.39 is 0 Å². The first-order chi connectivity index (χ1) is 7.88. The maximum absolute atomic E-state index is 8.59. The quantitative estimate of drug-likeness (QED) is 0.774. The summed E-state index contributed by atoms with van der Waals surface area (Å²) in [6, 6.07) is 20.2. The number of rotatable bonds is 3. The van der Waals surface area contributed by atoms with Gasteiger partial charge in [-0.1, -0.05) is 30.3 Å². The van der Waals surface area contributed by atoms with E-state index in [0.29, 0.717) is 12.2 Å². The van der Waals surface area contributed by atoms with Crippen LogP contribution in [-0.2, 0) is 6.42 Å². The Bertz CT molecular complexity index is 500. The van der Waals surface area contributed by atoms with Crippen LogP contribution in [0.3, 0.4) is 0 Å². The molecule has 2 aromatic rings. The van der Waals surface area contributed by atoms with Crippen molar-refractivity contribution in [2.45, 2.75) is 6.42 Å². The van der Waals surface area contributed by atoms with Crippen LogP contribution in [0.2, 0.25) is 0 Å². The minimum Gasteiger partial charge on any atom is -0.457 e. The maximum atomic E-state index is 8.59. The minimum atomic E-state index is 0.353. The number of ether oxygens (including phenoxy) is 1. The molecule has 0 aliphatic heterocycles. The molecule has 0 aromatic heterocycles. The molecule has 0 aliphatic carbocycles. The molecule has 2 nitrogen and oxygen atoms in total. The minimum absolute atomic E-state index is 0.353.